The molecule has 0 heterocycles. The van der Waals surface area contributed by atoms with Gasteiger partial charge in [0, 0.05) is 13.0 Å². The van der Waals surface area contributed by atoms with Gasteiger partial charge in [0.15, 0.2) is 6.10 Å². The first-order valence-electron chi connectivity index (χ1n) is 9.68. The van der Waals surface area contributed by atoms with Gasteiger partial charge in [-0.2, -0.15) is 0 Å². The van der Waals surface area contributed by atoms with E-state index in [-0.39, 0.29) is 11.9 Å². The minimum atomic E-state index is -0.746. The highest BCUT2D eigenvalue weighted by Crippen LogP contribution is 2.27. The van der Waals surface area contributed by atoms with Crippen molar-refractivity contribution in [1.29, 1.82) is 0 Å². The number of hydrogen-bond acceptors (Lipinski definition) is 4. The third-order valence-corrected chi connectivity index (χ3v) is 5.03. The Hall–Kier alpha value is -2.04. The van der Waals surface area contributed by atoms with Crippen LogP contribution in [0, 0.1) is 5.92 Å². The quantitative estimate of drug-likeness (QED) is 0.682. The lowest BCUT2D eigenvalue weighted by molar-refractivity contribution is -0.155. The molecular formula is C21H31NO4. The molecule has 2 rings (SSSR count). The van der Waals surface area contributed by atoms with Gasteiger partial charge in [0.2, 0.25) is 0 Å². The van der Waals surface area contributed by atoms with E-state index in [2.05, 4.69) is 5.32 Å². The average Bonchev–Trinajstić information content (AvgIpc) is 2.67. The van der Waals surface area contributed by atoms with Crippen molar-refractivity contribution in [2.45, 2.75) is 64.4 Å². The number of esters is 1. The number of ether oxygens (including phenoxy) is 2. The predicted octanol–water partition coefficient (Wildman–Crippen LogP) is 3.65. The first kappa shape index (κ1) is 20.3. The molecule has 5 heteroatoms. The second kappa shape index (κ2) is 10.8. The number of benzene rings is 1. The molecule has 5 nitrogen and oxygen atoms in total. The van der Waals surface area contributed by atoms with Gasteiger partial charge in [0.25, 0.3) is 5.91 Å². The largest absolute Gasteiger partial charge is 0.497 e. The zero-order chi connectivity index (χ0) is 18.8. The van der Waals surface area contributed by atoms with Crippen LogP contribution >= 0.6 is 0 Å². The third-order valence-electron chi connectivity index (χ3n) is 5.03. The summed E-state index contributed by atoms with van der Waals surface area (Å²) in [5, 5.41) is 2.82. The molecule has 0 spiro atoms. The lowest BCUT2D eigenvalue weighted by Crippen LogP contribution is -2.36. The van der Waals surface area contributed by atoms with Crippen LogP contribution in [-0.4, -0.2) is 31.6 Å². The third kappa shape index (κ3) is 7.06. The molecule has 0 radical (unpaired) electrons. The summed E-state index contributed by atoms with van der Waals surface area (Å²) in [5.74, 6) is 0.939. The second-order valence-electron chi connectivity index (χ2n) is 7.06. The number of amides is 1. The number of carbonyl (C=O) groups is 2. The van der Waals surface area contributed by atoms with Gasteiger partial charge in [-0.15, -0.1) is 0 Å². The highest BCUT2D eigenvalue weighted by Gasteiger charge is 2.19. The average molecular weight is 361 g/mol. The summed E-state index contributed by atoms with van der Waals surface area (Å²) in [5.41, 5.74) is 1.11. The molecule has 1 aromatic carbocycles. The van der Waals surface area contributed by atoms with Crippen molar-refractivity contribution in [2.75, 3.05) is 13.7 Å². The van der Waals surface area contributed by atoms with Gasteiger partial charge < -0.3 is 14.8 Å². The molecule has 0 aliphatic heterocycles. The fraction of sp³-hybridized carbons (Fsp3) is 0.619. The van der Waals surface area contributed by atoms with Crippen LogP contribution < -0.4 is 10.1 Å². The van der Waals surface area contributed by atoms with E-state index >= 15 is 0 Å². The van der Waals surface area contributed by atoms with Gasteiger partial charge in [-0.25, -0.2) is 0 Å². The van der Waals surface area contributed by atoms with Gasteiger partial charge in [-0.3, -0.25) is 9.59 Å². The molecule has 1 aliphatic rings. The van der Waals surface area contributed by atoms with Crippen LogP contribution in [0.5, 0.6) is 5.75 Å². The topological polar surface area (TPSA) is 64.6 Å². The van der Waals surface area contributed by atoms with Gasteiger partial charge >= 0.3 is 5.97 Å². The Kier molecular flexibility index (Phi) is 8.45. The van der Waals surface area contributed by atoms with Crippen LogP contribution in [-0.2, 0) is 20.7 Å². The van der Waals surface area contributed by atoms with Crippen molar-refractivity contribution in [2.24, 2.45) is 5.92 Å². The molecule has 0 aromatic heterocycles. The molecule has 1 amide bonds. The maximum absolute atomic E-state index is 12.1. The van der Waals surface area contributed by atoms with Gasteiger partial charge in [0.1, 0.15) is 5.75 Å². The first-order valence-corrected chi connectivity index (χ1v) is 9.68. The van der Waals surface area contributed by atoms with Crippen LogP contribution in [0.15, 0.2) is 24.3 Å². The molecule has 26 heavy (non-hydrogen) atoms. The molecule has 0 saturated heterocycles. The summed E-state index contributed by atoms with van der Waals surface area (Å²) in [4.78, 5) is 24.0. The number of hydrogen-bond donors (Lipinski definition) is 1. The summed E-state index contributed by atoms with van der Waals surface area (Å²) in [6.07, 6.45) is 7.55. The second-order valence-corrected chi connectivity index (χ2v) is 7.06. The molecular weight excluding hydrogens is 330 g/mol. The summed E-state index contributed by atoms with van der Waals surface area (Å²) in [6.45, 7) is 2.14. The highest BCUT2D eigenvalue weighted by molar-refractivity contribution is 5.83. The van der Waals surface area contributed by atoms with E-state index in [1.165, 1.54) is 32.1 Å². The van der Waals surface area contributed by atoms with Crippen molar-refractivity contribution < 1.29 is 19.1 Å². The monoisotopic (exact) mass is 361 g/mol. The van der Waals surface area contributed by atoms with Crippen LogP contribution in [0.1, 0.15) is 57.4 Å². The number of carbonyl (C=O) groups excluding carboxylic acids is 2. The summed E-state index contributed by atoms with van der Waals surface area (Å²) >= 11 is 0. The Balaban J connectivity index is 1.62. The summed E-state index contributed by atoms with van der Waals surface area (Å²) < 4.78 is 10.4. The van der Waals surface area contributed by atoms with Gasteiger partial charge in [-0.05, 0) is 43.4 Å². The Morgan fingerprint density at radius 1 is 1.15 bits per heavy atom. The van der Waals surface area contributed by atoms with E-state index in [0.717, 1.165) is 24.2 Å². The van der Waals surface area contributed by atoms with Crippen molar-refractivity contribution in [3.63, 3.8) is 0 Å². The van der Waals surface area contributed by atoms with E-state index in [4.69, 9.17) is 9.47 Å². The molecule has 1 aliphatic carbocycles. The summed E-state index contributed by atoms with van der Waals surface area (Å²) in [7, 11) is 1.63. The van der Waals surface area contributed by atoms with Gasteiger partial charge in [0.05, 0.1) is 7.11 Å². The van der Waals surface area contributed by atoms with Crippen molar-refractivity contribution >= 4 is 11.9 Å². The Bertz CT molecular complexity index is 564. The molecule has 1 N–H and O–H groups in total. The standard InChI is InChI=1S/C21H31NO4/c1-16(26-20(23)13-10-17-6-4-3-5-7-17)21(24)22-15-14-18-8-11-19(25-2)12-9-18/h8-9,11-12,16-17H,3-7,10,13-15H2,1-2H3,(H,22,24). The normalized spacial score (nSPS) is 15.9. The maximum Gasteiger partial charge on any atom is 0.306 e. The van der Waals surface area contributed by atoms with E-state index in [1.807, 2.05) is 24.3 Å². The van der Waals surface area contributed by atoms with Crippen LogP contribution in [0.25, 0.3) is 0 Å². The van der Waals surface area contributed by atoms with E-state index in [9.17, 15) is 9.59 Å². The number of methoxy groups -OCH3 is 1. The predicted molar refractivity (Wildman–Crippen MR) is 101 cm³/mol. The highest BCUT2D eigenvalue weighted by atomic mass is 16.5. The van der Waals surface area contributed by atoms with Crippen LogP contribution in [0.2, 0.25) is 0 Å². The smallest absolute Gasteiger partial charge is 0.306 e. The SMILES string of the molecule is COc1ccc(CCNC(=O)C(C)OC(=O)CCC2CCCCC2)cc1. The van der Waals surface area contributed by atoms with Crippen molar-refractivity contribution in [1.82, 2.24) is 5.32 Å². The molecule has 0 bridgehead atoms. The Morgan fingerprint density at radius 2 is 1.85 bits per heavy atom. The molecule has 1 saturated carbocycles. The lowest BCUT2D eigenvalue weighted by Gasteiger charge is -2.21. The van der Waals surface area contributed by atoms with Crippen LogP contribution in [0.3, 0.4) is 0 Å². The van der Waals surface area contributed by atoms with E-state index in [0.29, 0.717) is 18.9 Å². The minimum Gasteiger partial charge on any atom is -0.497 e. The van der Waals surface area contributed by atoms with Crippen molar-refractivity contribution in [3.8, 4) is 5.75 Å². The van der Waals surface area contributed by atoms with E-state index < -0.39 is 6.10 Å². The number of rotatable bonds is 9. The van der Waals surface area contributed by atoms with Gasteiger partial charge in [-0.1, -0.05) is 44.2 Å². The maximum atomic E-state index is 12.1. The molecule has 1 atom stereocenters. The Labute approximate surface area is 156 Å². The van der Waals surface area contributed by atoms with E-state index in [1.54, 1.807) is 14.0 Å². The fourth-order valence-electron chi connectivity index (χ4n) is 3.37. The zero-order valence-corrected chi connectivity index (χ0v) is 16.0. The molecule has 1 fully saturated rings. The fourth-order valence-corrected chi connectivity index (χ4v) is 3.37. The molecule has 1 aromatic rings. The first-order chi connectivity index (χ1) is 12.6. The van der Waals surface area contributed by atoms with Crippen molar-refractivity contribution in [3.05, 3.63) is 29.8 Å². The molecule has 144 valence electrons. The number of nitrogens with one attached hydrogen (secondary N) is 1. The zero-order valence-electron chi connectivity index (χ0n) is 16.0. The van der Waals surface area contributed by atoms with Crippen LogP contribution in [0.4, 0.5) is 0 Å². The summed E-state index contributed by atoms with van der Waals surface area (Å²) in [6, 6.07) is 7.74. The lowest BCUT2D eigenvalue weighted by atomic mass is 9.86. The molecule has 1 unspecified atom stereocenters. The Morgan fingerprint density at radius 3 is 2.50 bits per heavy atom. The minimum absolute atomic E-state index is 0.246.